The number of benzene rings is 1. The number of aryl methyl sites for hydroxylation is 1. The average Bonchev–Trinajstić information content (AvgIpc) is 3.18. The molecule has 1 aromatic carbocycles. The molecule has 6 N–H and O–H groups in total. The molecule has 1 aliphatic rings. The topological polar surface area (TPSA) is 136 Å². The first-order valence-corrected chi connectivity index (χ1v) is 11.1. The van der Waals surface area contributed by atoms with Crippen molar-refractivity contribution in [1.29, 1.82) is 0 Å². The summed E-state index contributed by atoms with van der Waals surface area (Å²) in [4.78, 5) is 32.0. The number of rotatable bonds is 7. The van der Waals surface area contributed by atoms with E-state index in [0.717, 1.165) is 30.2 Å². The van der Waals surface area contributed by atoms with Gasteiger partial charge in [0, 0.05) is 12.4 Å². The van der Waals surface area contributed by atoms with Crippen LogP contribution in [0.25, 0.3) is 11.0 Å². The number of hydrogen-bond donors (Lipinski definition) is 4. The lowest BCUT2D eigenvalue weighted by atomic mass is 9.80. The number of nitrogens with one attached hydrogen (secondary N) is 2. The molecule has 4 rings (SSSR count). The highest BCUT2D eigenvalue weighted by Gasteiger charge is 2.40. The van der Waals surface area contributed by atoms with E-state index in [9.17, 15) is 14.0 Å². The third kappa shape index (κ3) is 4.68. The lowest BCUT2D eigenvalue weighted by Gasteiger charge is -2.35. The van der Waals surface area contributed by atoms with E-state index in [1.807, 2.05) is 13.1 Å². The number of aromatic nitrogens is 2. The van der Waals surface area contributed by atoms with Crippen LogP contribution in [-0.4, -0.2) is 33.4 Å². The second-order valence-electron chi connectivity index (χ2n) is 8.68. The molecule has 0 saturated heterocycles. The van der Waals surface area contributed by atoms with E-state index >= 15 is 0 Å². The van der Waals surface area contributed by atoms with Gasteiger partial charge in [0.2, 0.25) is 11.8 Å². The second kappa shape index (κ2) is 9.19. The molecule has 9 heteroatoms. The van der Waals surface area contributed by atoms with E-state index in [1.54, 1.807) is 18.3 Å². The van der Waals surface area contributed by atoms with Crippen LogP contribution in [0.15, 0.2) is 36.7 Å². The number of nitrogens with two attached hydrogens (primary N) is 2. The zero-order valence-corrected chi connectivity index (χ0v) is 18.5. The van der Waals surface area contributed by atoms with Gasteiger partial charge < -0.3 is 26.5 Å². The molecule has 1 fully saturated rings. The molecule has 1 aliphatic carbocycles. The summed E-state index contributed by atoms with van der Waals surface area (Å²) in [5.74, 6) is -1.04. The number of hydrogen-bond acceptors (Lipinski definition) is 5. The van der Waals surface area contributed by atoms with Crippen molar-refractivity contribution < 1.29 is 18.7 Å². The molecule has 0 aliphatic heterocycles. The van der Waals surface area contributed by atoms with Crippen LogP contribution in [0, 0.1) is 12.7 Å². The normalized spacial score (nSPS) is 16.3. The Hall–Kier alpha value is -3.46. The fraction of sp³-hybridized carbons (Fsp3) is 0.375. The molecule has 33 heavy (non-hydrogen) atoms. The van der Waals surface area contributed by atoms with Gasteiger partial charge in [0.1, 0.15) is 16.9 Å². The SMILES string of the molecule is Cc1c[nH]c2nccc(Oc3ccc(C[C@H](N)C(=O)NC4(C(N)=O)CCCCC4)cc3F)c12. The van der Waals surface area contributed by atoms with E-state index in [0.29, 0.717) is 29.8 Å². The van der Waals surface area contributed by atoms with Crippen molar-refractivity contribution >= 4 is 22.8 Å². The predicted octanol–water partition coefficient (Wildman–Crippen LogP) is 2.98. The lowest BCUT2D eigenvalue weighted by molar-refractivity contribution is -0.133. The second-order valence-corrected chi connectivity index (χ2v) is 8.68. The predicted molar refractivity (Wildman–Crippen MR) is 122 cm³/mol. The molecule has 2 heterocycles. The van der Waals surface area contributed by atoms with Crippen LogP contribution in [0.3, 0.4) is 0 Å². The molecule has 2 amide bonds. The summed E-state index contributed by atoms with van der Waals surface area (Å²) >= 11 is 0. The summed E-state index contributed by atoms with van der Waals surface area (Å²) < 4.78 is 20.6. The van der Waals surface area contributed by atoms with Crippen molar-refractivity contribution in [2.45, 2.75) is 57.0 Å². The van der Waals surface area contributed by atoms with Gasteiger partial charge in [0.15, 0.2) is 11.6 Å². The van der Waals surface area contributed by atoms with Gasteiger partial charge >= 0.3 is 0 Å². The number of fused-ring (bicyclic) bond motifs is 1. The Morgan fingerprint density at radius 3 is 2.70 bits per heavy atom. The molecule has 1 atom stereocenters. The number of carbonyl (C=O) groups excluding carboxylic acids is 2. The summed E-state index contributed by atoms with van der Waals surface area (Å²) in [6, 6.07) is 5.21. The van der Waals surface area contributed by atoms with Crippen LogP contribution in [0.4, 0.5) is 4.39 Å². The van der Waals surface area contributed by atoms with Crippen LogP contribution >= 0.6 is 0 Å². The van der Waals surface area contributed by atoms with Gasteiger partial charge in [-0.1, -0.05) is 25.3 Å². The molecule has 0 bridgehead atoms. The maximum atomic E-state index is 14.8. The van der Waals surface area contributed by atoms with Crippen LogP contribution in [-0.2, 0) is 16.0 Å². The van der Waals surface area contributed by atoms with Crippen molar-refractivity contribution in [3.8, 4) is 11.5 Å². The van der Waals surface area contributed by atoms with Crippen LogP contribution in [0.5, 0.6) is 11.5 Å². The third-order valence-electron chi connectivity index (χ3n) is 6.28. The van der Waals surface area contributed by atoms with Gasteiger partial charge in [-0.25, -0.2) is 9.37 Å². The van der Waals surface area contributed by atoms with Crippen LogP contribution < -0.4 is 21.5 Å². The van der Waals surface area contributed by atoms with Gasteiger partial charge in [0.05, 0.1) is 11.4 Å². The fourth-order valence-electron chi connectivity index (χ4n) is 4.40. The van der Waals surface area contributed by atoms with E-state index in [2.05, 4.69) is 15.3 Å². The number of pyridine rings is 1. The number of aromatic amines is 1. The molecule has 0 unspecified atom stereocenters. The van der Waals surface area contributed by atoms with E-state index in [1.165, 1.54) is 12.1 Å². The zero-order chi connectivity index (χ0) is 23.6. The number of halogens is 1. The average molecular weight is 454 g/mol. The maximum Gasteiger partial charge on any atom is 0.243 e. The number of amides is 2. The minimum atomic E-state index is -1.05. The largest absolute Gasteiger partial charge is 0.453 e. The summed E-state index contributed by atoms with van der Waals surface area (Å²) in [6.07, 6.45) is 7.14. The van der Waals surface area contributed by atoms with Gasteiger partial charge in [-0.2, -0.15) is 0 Å². The molecule has 0 radical (unpaired) electrons. The number of nitrogens with zero attached hydrogens (tertiary/aromatic N) is 1. The summed E-state index contributed by atoms with van der Waals surface area (Å²) in [6.45, 7) is 1.91. The summed E-state index contributed by atoms with van der Waals surface area (Å²) in [7, 11) is 0. The molecule has 2 aromatic heterocycles. The highest BCUT2D eigenvalue weighted by molar-refractivity contribution is 5.92. The van der Waals surface area contributed by atoms with Crippen molar-refractivity contribution in [3.63, 3.8) is 0 Å². The summed E-state index contributed by atoms with van der Waals surface area (Å²) in [5.41, 5.74) is 12.7. The number of ether oxygens (including phenoxy) is 1. The first-order valence-electron chi connectivity index (χ1n) is 11.1. The minimum absolute atomic E-state index is 0.0553. The molecular weight excluding hydrogens is 425 g/mol. The Morgan fingerprint density at radius 2 is 2.00 bits per heavy atom. The molecule has 1 saturated carbocycles. The van der Waals surface area contributed by atoms with Gasteiger partial charge in [0.25, 0.3) is 0 Å². The minimum Gasteiger partial charge on any atom is -0.453 e. The van der Waals surface area contributed by atoms with E-state index in [4.69, 9.17) is 16.2 Å². The Morgan fingerprint density at radius 1 is 1.24 bits per heavy atom. The number of primary amides is 1. The van der Waals surface area contributed by atoms with E-state index < -0.39 is 29.2 Å². The molecular formula is C24H28FN5O3. The Labute approximate surface area is 190 Å². The first-order chi connectivity index (χ1) is 15.8. The van der Waals surface area contributed by atoms with Gasteiger partial charge in [-0.05, 0) is 55.5 Å². The van der Waals surface area contributed by atoms with Gasteiger partial charge in [-0.3, -0.25) is 9.59 Å². The first kappa shape index (κ1) is 22.7. The van der Waals surface area contributed by atoms with Crippen LogP contribution in [0.1, 0.15) is 43.2 Å². The number of H-pyrrole nitrogens is 1. The third-order valence-corrected chi connectivity index (χ3v) is 6.28. The quantitative estimate of drug-likeness (QED) is 0.436. The highest BCUT2D eigenvalue weighted by atomic mass is 19.1. The highest BCUT2D eigenvalue weighted by Crippen LogP contribution is 2.32. The molecule has 0 spiro atoms. The van der Waals surface area contributed by atoms with Crippen molar-refractivity contribution in [1.82, 2.24) is 15.3 Å². The van der Waals surface area contributed by atoms with Crippen molar-refractivity contribution in [2.75, 3.05) is 0 Å². The fourth-order valence-corrected chi connectivity index (χ4v) is 4.40. The monoisotopic (exact) mass is 453 g/mol. The molecule has 8 nitrogen and oxygen atoms in total. The Balaban J connectivity index is 1.45. The smallest absolute Gasteiger partial charge is 0.243 e. The van der Waals surface area contributed by atoms with Crippen molar-refractivity contribution in [2.24, 2.45) is 11.5 Å². The Kier molecular flexibility index (Phi) is 6.33. The van der Waals surface area contributed by atoms with E-state index in [-0.39, 0.29) is 12.2 Å². The molecule has 174 valence electrons. The molecule has 3 aromatic rings. The number of carbonyl (C=O) groups is 2. The summed E-state index contributed by atoms with van der Waals surface area (Å²) in [5, 5.41) is 3.55. The zero-order valence-electron chi connectivity index (χ0n) is 18.5. The van der Waals surface area contributed by atoms with Crippen molar-refractivity contribution in [3.05, 3.63) is 53.6 Å². The standard InChI is InChI=1S/C24H28FN5O3/c1-14-13-29-21-20(14)19(7-10-28-21)33-18-6-5-15(11-16(18)25)12-17(26)22(31)30-24(23(27)32)8-3-2-4-9-24/h5-7,10-11,13,17H,2-4,8-9,12,26H2,1H3,(H2,27,32)(H,28,29)(H,30,31)/t17-/m0/s1. The maximum absolute atomic E-state index is 14.8. The van der Waals surface area contributed by atoms with Gasteiger partial charge in [-0.15, -0.1) is 0 Å². The lowest BCUT2D eigenvalue weighted by Crippen LogP contribution is -2.61. The van der Waals surface area contributed by atoms with Crippen LogP contribution in [0.2, 0.25) is 0 Å². The Bertz CT molecular complexity index is 1190.